The van der Waals surface area contributed by atoms with Crippen molar-refractivity contribution in [2.45, 2.75) is 31.6 Å². The van der Waals surface area contributed by atoms with Gasteiger partial charge in [0.1, 0.15) is 6.61 Å². The Kier molecular flexibility index (Phi) is 8.89. The molecule has 0 atom stereocenters. The second kappa shape index (κ2) is 11.6. The fourth-order valence-electron chi connectivity index (χ4n) is 4.64. The third kappa shape index (κ3) is 5.52. The minimum atomic E-state index is -0.979. The van der Waals surface area contributed by atoms with Crippen molar-refractivity contribution < 1.29 is 23.9 Å². The third-order valence-electron chi connectivity index (χ3n) is 6.35. The van der Waals surface area contributed by atoms with Crippen molar-refractivity contribution in [3.63, 3.8) is 0 Å². The second-order valence-electron chi connectivity index (χ2n) is 8.35. The van der Waals surface area contributed by atoms with Crippen LogP contribution in [0.3, 0.4) is 0 Å². The normalized spacial score (nSPS) is 19.8. The van der Waals surface area contributed by atoms with Gasteiger partial charge in [0, 0.05) is 22.7 Å². The Morgan fingerprint density at radius 3 is 2.15 bits per heavy atom. The molecule has 1 N–H and O–H groups in total. The molecule has 2 aliphatic carbocycles. The largest absolute Gasteiger partial charge is 0.514 e. The van der Waals surface area contributed by atoms with Crippen molar-refractivity contribution in [1.29, 1.82) is 0 Å². The molecule has 0 saturated heterocycles. The number of carbonyl (C=O) groups is 3. The SMILES string of the molecule is CNCCOC(=O)OC1=C([C@H]2CC[C@H](c3ccc(Cl)cc3)CC2)C(=O)c2ccccc2C1=O.Cl. The smallest absolute Gasteiger partial charge is 0.433 e. The summed E-state index contributed by atoms with van der Waals surface area (Å²) in [5.74, 6) is -0.706. The van der Waals surface area contributed by atoms with Crippen LogP contribution in [-0.4, -0.2) is 37.9 Å². The molecule has 0 unspecified atom stereocenters. The Balaban J connectivity index is 0.00000324. The lowest BCUT2D eigenvalue weighted by atomic mass is 9.72. The number of Topliss-reactive ketones (excluding diaryl/α,β-unsaturated/α-hetero) is 2. The van der Waals surface area contributed by atoms with Crippen molar-refractivity contribution in [3.05, 3.63) is 81.6 Å². The molecule has 2 aromatic carbocycles. The zero-order chi connectivity index (χ0) is 23.4. The molecule has 0 spiro atoms. The molecule has 0 aliphatic heterocycles. The fraction of sp³-hybridized carbons (Fsp3) is 0.346. The lowest BCUT2D eigenvalue weighted by Crippen LogP contribution is -2.30. The minimum Gasteiger partial charge on any atom is -0.433 e. The molecule has 4 rings (SSSR count). The molecule has 0 amide bonds. The van der Waals surface area contributed by atoms with Crippen LogP contribution in [0.15, 0.2) is 59.9 Å². The van der Waals surface area contributed by atoms with Crippen LogP contribution >= 0.6 is 24.0 Å². The number of carbonyl (C=O) groups excluding carboxylic acids is 3. The first kappa shape index (κ1) is 25.9. The van der Waals surface area contributed by atoms with E-state index in [4.69, 9.17) is 21.1 Å². The van der Waals surface area contributed by atoms with Crippen LogP contribution in [0.1, 0.15) is 57.9 Å². The molecular weight excluding hydrogens is 477 g/mol. The average molecular weight is 504 g/mol. The van der Waals surface area contributed by atoms with E-state index in [1.165, 1.54) is 5.56 Å². The molecule has 0 radical (unpaired) electrons. The van der Waals surface area contributed by atoms with Gasteiger partial charge in [-0.2, -0.15) is 0 Å². The maximum absolute atomic E-state index is 13.4. The first-order valence-electron chi connectivity index (χ1n) is 11.2. The number of hydrogen-bond acceptors (Lipinski definition) is 6. The van der Waals surface area contributed by atoms with Gasteiger partial charge in [0.25, 0.3) is 0 Å². The zero-order valence-electron chi connectivity index (χ0n) is 18.8. The molecule has 2 aliphatic rings. The summed E-state index contributed by atoms with van der Waals surface area (Å²) in [4.78, 5) is 38.9. The van der Waals surface area contributed by atoms with Crippen molar-refractivity contribution >= 4 is 41.7 Å². The van der Waals surface area contributed by atoms with E-state index in [2.05, 4.69) is 5.32 Å². The van der Waals surface area contributed by atoms with E-state index >= 15 is 0 Å². The number of ketones is 2. The van der Waals surface area contributed by atoms with Crippen LogP contribution in [0.4, 0.5) is 4.79 Å². The van der Waals surface area contributed by atoms with E-state index < -0.39 is 11.9 Å². The van der Waals surface area contributed by atoms with Crippen LogP contribution in [-0.2, 0) is 9.47 Å². The number of fused-ring (bicyclic) bond motifs is 1. The summed E-state index contributed by atoms with van der Waals surface area (Å²) in [5, 5.41) is 3.56. The highest BCUT2D eigenvalue weighted by Crippen LogP contribution is 2.42. The molecule has 180 valence electrons. The first-order chi connectivity index (χ1) is 16.0. The molecule has 0 heterocycles. The van der Waals surface area contributed by atoms with Gasteiger partial charge < -0.3 is 14.8 Å². The Bertz CT molecular complexity index is 1090. The lowest BCUT2D eigenvalue weighted by molar-refractivity contribution is 0.0657. The van der Waals surface area contributed by atoms with Crippen LogP contribution < -0.4 is 5.32 Å². The number of allylic oxidation sites excluding steroid dienone is 2. The van der Waals surface area contributed by atoms with Gasteiger partial charge >= 0.3 is 6.16 Å². The van der Waals surface area contributed by atoms with E-state index in [-0.39, 0.29) is 42.0 Å². The Morgan fingerprint density at radius 2 is 1.53 bits per heavy atom. The third-order valence-corrected chi connectivity index (χ3v) is 6.60. The fourth-order valence-corrected chi connectivity index (χ4v) is 4.77. The average Bonchev–Trinajstić information content (AvgIpc) is 2.83. The summed E-state index contributed by atoms with van der Waals surface area (Å²) in [5.41, 5.74) is 2.11. The molecule has 8 heteroatoms. The van der Waals surface area contributed by atoms with E-state index in [1.807, 2.05) is 24.3 Å². The molecule has 2 aromatic rings. The van der Waals surface area contributed by atoms with Crippen LogP contribution in [0, 0.1) is 5.92 Å². The van der Waals surface area contributed by atoms with Crippen LogP contribution in [0.25, 0.3) is 0 Å². The number of ether oxygens (including phenoxy) is 2. The second-order valence-corrected chi connectivity index (χ2v) is 8.79. The highest BCUT2D eigenvalue weighted by Gasteiger charge is 2.39. The maximum Gasteiger partial charge on any atom is 0.514 e. The molecule has 6 nitrogen and oxygen atoms in total. The van der Waals surface area contributed by atoms with Gasteiger partial charge in [-0.15, -0.1) is 12.4 Å². The number of halogens is 2. The maximum atomic E-state index is 13.4. The Labute approximate surface area is 210 Å². The summed E-state index contributed by atoms with van der Waals surface area (Å²) in [7, 11) is 1.73. The van der Waals surface area contributed by atoms with Gasteiger partial charge in [-0.05, 0) is 62.3 Å². The van der Waals surface area contributed by atoms with Crippen LogP contribution in [0.2, 0.25) is 5.02 Å². The molecule has 34 heavy (non-hydrogen) atoms. The van der Waals surface area contributed by atoms with E-state index in [9.17, 15) is 14.4 Å². The highest BCUT2D eigenvalue weighted by atomic mass is 35.5. The number of likely N-dealkylation sites (N-methyl/N-ethyl adjacent to an activating group) is 1. The van der Waals surface area contributed by atoms with Crippen LogP contribution in [0.5, 0.6) is 0 Å². The van der Waals surface area contributed by atoms with Crippen molar-refractivity contribution in [1.82, 2.24) is 5.32 Å². The highest BCUT2D eigenvalue weighted by molar-refractivity contribution is 6.30. The molecule has 0 bridgehead atoms. The summed E-state index contributed by atoms with van der Waals surface area (Å²) in [6.07, 6.45) is 2.17. The van der Waals surface area contributed by atoms with Gasteiger partial charge in [0.05, 0.1) is 5.57 Å². The summed E-state index contributed by atoms with van der Waals surface area (Å²) < 4.78 is 10.4. The van der Waals surface area contributed by atoms with Gasteiger partial charge in [0.15, 0.2) is 11.5 Å². The standard InChI is InChI=1S/C26H26ClNO5.ClH/c1-28-14-15-32-26(31)33-25-22(23(29)20-4-2-3-5-21(20)24(25)30)18-8-6-16(7-9-18)17-10-12-19(27)13-11-17;/h2-5,10-13,16,18,28H,6-9,14-15H2,1H3;1H/t16-,18-;. The monoisotopic (exact) mass is 503 g/mol. The van der Waals surface area contributed by atoms with Gasteiger partial charge in [-0.1, -0.05) is 48.0 Å². The summed E-state index contributed by atoms with van der Waals surface area (Å²) in [6, 6.07) is 14.5. The van der Waals surface area contributed by atoms with Crippen molar-refractivity contribution in [3.8, 4) is 0 Å². The Morgan fingerprint density at radius 1 is 0.941 bits per heavy atom. The zero-order valence-corrected chi connectivity index (χ0v) is 20.4. The topological polar surface area (TPSA) is 81.7 Å². The van der Waals surface area contributed by atoms with Gasteiger partial charge in [-0.25, -0.2) is 4.79 Å². The molecular formula is C26H27Cl2NO5. The van der Waals surface area contributed by atoms with E-state index in [0.717, 1.165) is 12.8 Å². The molecule has 0 aromatic heterocycles. The van der Waals surface area contributed by atoms with E-state index in [0.29, 0.717) is 41.5 Å². The number of rotatable bonds is 6. The number of benzene rings is 2. The number of hydrogen-bond donors (Lipinski definition) is 1. The van der Waals surface area contributed by atoms with E-state index in [1.54, 1.807) is 31.3 Å². The first-order valence-corrected chi connectivity index (χ1v) is 11.5. The predicted octanol–water partition coefficient (Wildman–Crippen LogP) is 5.74. The summed E-state index contributed by atoms with van der Waals surface area (Å²) in [6.45, 7) is 0.550. The van der Waals surface area contributed by atoms with Gasteiger partial charge in [0.2, 0.25) is 5.78 Å². The summed E-state index contributed by atoms with van der Waals surface area (Å²) >= 11 is 6.01. The Hall–Kier alpha value is -2.67. The van der Waals surface area contributed by atoms with Crippen molar-refractivity contribution in [2.24, 2.45) is 5.92 Å². The predicted molar refractivity (Wildman–Crippen MR) is 132 cm³/mol. The quantitative estimate of drug-likeness (QED) is 0.399. The molecule has 1 fully saturated rings. The minimum absolute atomic E-state index is 0. The molecule has 1 saturated carbocycles. The van der Waals surface area contributed by atoms with Gasteiger partial charge in [-0.3, -0.25) is 9.59 Å². The van der Waals surface area contributed by atoms with Crippen molar-refractivity contribution in [2.75, 3.05) is 20.2 Å². The lowest BCUT2D eigenvalue weighted by Gasteiger charge is -2.32. The number of nitrogens with one attached hydrogen (secondary N) is 1.